The highest BCUT2D eigenvalue weighted by Crippen LogP contribution is 2.25. The van der Waals surface area contributed by atoms with Crippen molar-refractivity contribution in [3.8, 4) is 0 Å². The van der Waals surface area contributed by atoms with E-state index in [4.69, 9.17) is 9.26 Å². The molecule has 28 heavy (non-hydrogen) atoms. The number of anilines is 1. The molecule has 1 unspecified atom stereocenters. The van der Waals surface area contributed by atoms with E-state index in [2.05, 4.69) is 10.5 Å². The predicted molar refractivity (Wildman–Crippen MR) is 97.6 cm³/mol. The van der Waals surface area contributed by atoms with Crippen molar-refractivity contribution in [2.75, 3.05) is 5.32 Å². The summed E-state index contributed by atoms with van der Waals surface area (Å²) < 4.78 is 10.2. The Morgan fingerprint density at radius 2 is 1.82 bits per heavy atom. The number of carbonyl (C=O) groups is 2. The van der Waals surface area contributed by atoms with Gasteiger partial charge in [0.25, 0.3) is 11.6 Å². The molecule has 0 radical (unpaired) electrons. The third-order valence-corrected chi connectivity index (χ3v) is 3.77. The number of carbonyl (C=O) groups excluding carboxylic acids is 2. The van der Waals surface area contributed by atoms with E-state index in [0.29, 0.717) is 11.3 Å². The molecule has 0 spiro atoms. The Morgan fingerprint density at radius 1 is 1.14 bits per heavy atom. The Labute approximate surface area is 159 Å². The maximum Gasteiger partial charge on any atom is 0.346 e. The molecule has 1 N–H and O–H groups in total. The van der Waals surface area contributed by atoms with Gasteiger partial charge in [-0.1, -0.05) is 47.6 Å². The molecule has 3 rings (SSSR count). The smallest absolute Gasteiger partial charge is 0.346 e. The Balaban J connectivity index is 1.89. The van der Waals surface area contributed by atoms with Crippen LogP contribution in [-0.2, 0) is 9.53 Å². The molecule has 2 aromatic carbocycles. The predicted octanol–water partition coefficient (Wildman–Crippen LogP) is 3.43. The molecule has 0 saturated carbocycles. The standard InChI is InChI=1S/C19H15N3O6/c1-12-11-16(21-28-12)20-18(23)17(13-7-3-2-4-8-13)27-19(24)14-9-5-6-10-15(14)22(25)26/h2-11,17H,1H3,(H,20,21,23). The van der Waals surface area contributed by atoms with Crippen LogP contribution in [-0.4, -0.2) is 22.0 Å². The molecule has 0 aliphatic carbocycles. The molecule has 0 aliphatic rings. The number of aromatic nitrogens is 1. The number of nitrogens with one attached hydrogen (secondary N) is 1. The molecule has 0 bridgehead atoms. The van der Waals surface area contributed by atoms with Crippen molar-refractivity contribution >= 4 is 23.4 Å². The van der Waals surface area contributed by atoms with Gasteiger partial charge in [0.05, 0.1) is 4.92 Å². The average molecular weight is 381 g/mol. The summed E-state index contributed by atoms with van der Waals surface area (Å²) in [7, 11) is 0. The first-order valence-corrected chi connectivity index (χ1v) is 8.19. The van der Waals surface area contributed by atoms with E-state index in [0.717, 1.165) is 0 Å². The Kier molecular flexibility index (Phi) is 5.45. The lowest BCUT2D eigenvalue weighted by atomic mass is 10.1. The minimum Gasteiger partial charge on any atom is -0.443 e. The number of nitro groups is 1. The highest BCUT2D eigenvalue weighted by molar-refractivity contribution is 5.99. The van der Waals surface area contributed by atoms with Crippen molar-refractivity contribution in [1.82, 2.24) is 5.16 Å². The highest BCUT2D eigenvalue weighted by Gasteiger charge is 2.29. The van der Waals surface area contributed by atoms with E-state index in [1.165, 1.54) is 30.3 Å². The zero-order valence-corrected chi connectivity index (χ0v) is 14.7. The SMILES string of the molecule is Cc1cc(NC(=O)C(OC(=O)c2ccccc2[N+](=O)[O-])c2ccccc2)no1. The van der Waals surface area contributed by atoms with Crippen molar-refractivity contribution in [2.24, 2.45) is 0 Å². The van der Waals surface area contributed by atoms with Gasteiger partial charge >= 0.3 is 5.97 Å². The van der Waals surface area contributed by atoms with E-state index in [1.807, 2.05) is 0 Å². The summed E-state index contributed by atoms with van der Waals surface area (Å²) >= 11 is 0. The van der Waals surface area contributed by atoms with Crippen LogP contribution in [0.4, 0.5) is 11.5 Å². The lowest BCUT2D eigenvalue weighted by molar-refractivity contribution is -0.385. The molecule has 0 saturated heterocycles. The largest absolute Gasteiger partial charge is 0.443 e. The second-order valence-electron chi connectivity index (χ2n) is 5.78. The number of amides is 1. The van der Waals surface area contributed by atoms with Gasteiger partial charge in [-0.15, -0.1) is 0 Å². The van der Waals surface area contributed by atoms with Crippen LogP contribution >= 0.6 is 0 Å². The maximum atomic E-state index is 12.7. The molecule has 1 atom stereocenters. The number of para-hydroxylation sites is 1. The summed E-state index contributed by atoms with van der Waals surface area (Å²) in [6.07, 6.45) is -1.34. The van der Waals surface area contributed by atoms with E-state index >= 15 is 0 Å². The average Bonchev–Trinajstić information content (AvgIpc) is 3.11. The number of hydrogen-bond acceptors (Lipinski definition) is 7. The van der Waals surface area contributed by atoms with Gasteiger partial charge in [0.15, 0.2) is 5.82 Å². The van der Waals surface area contributed by atoms with Gasteiger partial charge in [-0.25, -0.2) is 4.79 Å². The summed E-state index contributed by atoms with van der Waals surface area (Å²) in [6, 6.07) is 15.2. The van der Waals surface area contributed by atoms with Crippen LogP contribution in [0, 0.1) is 17.0 Å². The minimum absolute atomic E-state index is 0.158. The Hall–Kier alpha value is -4.01. The summed E-state index contributed by atoms with van der Waals surface area (Å²) in [5.41, 5.74) is -0.266. The van der Waals surface area contributed by atoms with E-state index in [9.17, 15) is 19.7 Å². The topological polar surface area (TPSA) is 125 Å². The lowest BCUT2D eigenvalue weighted by Gasteiger charge is -2.17. The van der Waals surface area contributed by atoms with Crippen LogP contribution in [0.5, 0.6) is 0 Å². The zero-order chi connectivity index (χ0) is 20.1. The second kappa shape index (κ2) is 8.12. The number of nitro benzene ring substituents is 1. The van der Waals surface area contributed by atoms with Crippen LogP contribution in [0.15, 0.2) is 65.2 Å². The molecule has 9 heteroatoms. The molecule has 3 aromatic rings. The van der Waals surface area contributed by atoms with Crippen molar-refractivity contribution in [3.05, 3.63) is 87.7 Å². The van der Waals surface area contributed by atoms with Gasteiger partial charge in [-0.3, -0.25) is 14.9 Å². The molecule has 0 fully saturated rings. The first kappa shape index (κ1) is 18.8. The third-order valence-electron chi connectivity index (χ3n) is 3.77. The van der Waals surface area contributed by atoms with Crippen molar-refractivity contribution < 1.29 is 23.8 Å². The quantitative estimate of drug-likeness (QED) is 0.394. The monoisotopic (exact) mass is 381 g/mol. The molecule has 1 heterocycles. The highest BCUT2D eigenvalue weighted by atomic mass is 16.6. The molecule has 1 amide bonds. The van der Waals surface area contributed by atoms with E-state index < -0.39 is 28.6 Å². The maximum absolute atomic E-state index is 12.7. The number of benzene rings is 2. The summed E-state index contributed by atoms with van der Waals surface area (Å²) in [5, 5.41) is 17.3. The fourth-order valence-corrected chi connectivity index (χ4v) is 2.49. The minimum atomic E-state index is -1.34. The van der Waals surface area contributed by atoms with Crippen LogP contribution in [0.3, 0.4) is 0 Å². The fourth-order valence-electron chi connectivity index (χ4n) is 2.49. The first-order chi connectivity index (χ1) is 13.5. The van der Waals surface area contributed by atoms with Crippen LogP contribution < -0.4 is 5.32 Å². The van der Waals surface area contributed by atoms with Gasteiger partial charge in [0.1, 0.15) is 11.3 Å². The van der Waals surface area contributed by atoms with Crippen LogP contribution in [0.1, 0.15) is 27.8 Å². The normalized spacial score (nSPS) is 11.5. The summed E-state index contributed by atoms with van der Waals surface area (Å²) in [4.78, 5) is 35.7. The molecule has 0 aliphatic heterocycles. The Morgan fingerprint density at radius 3 is 2.46 bits per heavy atom. The number of nitrogens with zero attached hydrogens (tertiary/aromatic N) is 2. The van der Waals surface area contributed by atoms with Crippen LogP contribution in [0.2, 0.25) is 0 Å². The summed E-state index contributed by atoms with van der Waals surface area (Å²) in [5.74, 6) is -1.02. The number of rotatable bonds is 6. The number of aryl methyl sites for hydroxylation is 1. The van der Waals surface area contributed by atoms with Gasteiger partial charge < -0.3 is 14.6 Å². The number of ether oxygens (including phenoxy) is 1. The number of hydrogen-bond donors (Lipinski definition) is 1. The van der Waals surface area contributed by atoms with Gasteiger partial charge in [0.2, 0.25) is 6.10 Å². The fraction of sp³-hybridized carbons (Fsp3) is 0.105. The molecule has 142 valence electrons. The van der Waals surface area contributed by atoms with Crippen molar-refractivity contribution in [1.29, 1.82) is 0 Å². The second-order valence-corrected chi connectivity index (χ2v) is 5.78. The van der Waals surface area contributed by atoms with Gasteiger partial charge in [0, 0.05) is 17.7 Å². The van der Waals surface area contributed by atoms with Gasteiger partial charge in [-0.2, -0.15) is 0 Å². The molecule has 1 aromatic heterocycles. The van der Waals surface area contributed by atoms with Crippen LogP contribution in [0.25, 0.3) is 0 Å². The molecule has 9 nitrogen and oxygen atoms in total. The third kappa shape index (κ3) is 4.21. The lowest BCUT2D eigenvalue weighted by Crippen LogP contribution is -2.26. The van der Waals surface area contributed by atoms with Crippen molar-refractivity contribution in [2.45, 2.75) is 13.0 Å². The first-order valence-electron chi connectivity index (χ1n) is 8.19. The van der Waals surface area contributed by atoms with Crippen molar-refractivity contribution in [3.63, 3.8) is 0 Å². The van der Waals surface area contributed by atoms with Gasteiger partial charge in [-0.05, 0) is 13.0 Å². The Bertz CT molecular complexity index is 1020. The summed E-state index contributed by atoms with van der Waals surface area (Å²) in [6.45, 7) is 1.66. The molecular formula is C19H15N3O6. The van der Waals surface area contributed by atoms with E-state index in [-0.39, 0.29) is 11.4 Å². The number of esters is 1. The molecular weight excluding hydrogens is 366 g/mol. The zero-order valence-electron chi connectivity index (χ0n) is 14.7. The van der Waals surface area contributed by atoms with E-state index in [1.54, 1.807) is 37.3 Å².